The molecule has 6 rings (SSSR count). The number of para-hydroxylation sites is 1. The first-order chi connectivity index (χ1) is 31.4. The van der Waals surface area contributed by atoms with Crippen molar-refractivity contribution < 1.29 is 28.5 Å². The number of anilines is 1. The van der Waals surface area contributed by atoms with Crippen molar-refractivity contribution in [2.75, 3.05) is 24.8 Å². The van der Waals surface area contributed by atoms with Crippen molar-refractivity contribution in [3.63, 3.8) is 0 Å². The molecule has 0 atom stereocenters. The molecule has 333 valence electrons. The van der Waals surface area contributed by atoms with Gasteiger partial charge in [0.2, 0.25) is 5.13 Å². The summed E-state index contributed by atoms with van der Waals surface area (Å²) in [6.45, 7) is 10.0. The van der Waals surface area contributed by atoms with E-state index < -0.39 is 11.9 Å². The lowest BCUT2D eigenvalue weighted by atomic mass is 9.76. The van der Waals surface area contributed by atoms with Gasteiger partial charge in [-0.3, -0.25) is 0 Å². The van der Waals surface area contributed by atoms with Crippen LogP contribution in [0.4, 0.5) is 5.13 Å². The first kappa shape index (κ1) is 47.5. The van der Waals surface area contributed by atoms with Crippen LogP contribution in [0.3, 0.4) is 0 Å². The number of nitrogens with zero attached hydrogens (tertiary/aromatic N) is 3. The molecule has 0 bridgehead atoms. The van der Waals surface area contributed by atoms with Gasteiger partial charge in [-0.1, -0.05) is 107 Å². The quantitative estimate of drug-likeness (QED) is 0.00914. The summed E-state index contributed by atoms with van der Waals surface area (Å²) < 4.78 is 24.9. The van der Waals surface area contributed by atoms with Crippen LogP contribution in [0.5, 0.6) is 23.0 Å². The van der Waals surface area contributed by atoms with Crippen molar-refractivity contribution in [3.8, 4) is 23.0 Å². The van der Waals surface area contributed by atoms with E-state index in [1.54, 1.807) is 72.1 Å². The average Bonchev–Trinajstić information content (AvgIpc) is 3.75. The van der Waals surface area contributed by atoms with Gasteiger partial charge in [0.05, 0.1) is 40.8 Å². The first-order valence-corrected chi connectivity index (χ1v) is 23.8. The number of thiazole rings is 1. The molecule has 64 heavy (non-hydrogen) atoms. The number of benzene rings is 5. The van der Waals surface area contributed by atoms with Gasteiger partial charge >= 0.3 is 11.9 Å². The number of ether oxygens (including phenoxy) is 4. The number of esters is 2. The number of hydrogen-bond acceptors (Lipinski definition) is 10. The number of allylic oxidation sites excluding steroid dienone is 1. The Labute approximate surface area is 383 Å². The van der Waals surface area contributed by atoms with Gasteiger partial charge in [-0.05, 0) is 128 Å². The Balaban J connectivity index is 1.20. The molecule has 0 N–H and O–H groups in total. The third kappa shape index (κ3) is 14.8. The number of hydrogen-bond donors (Lipinski definition) is 0. The highest BCUT2D eigenvalue weighted by molar-refractivity contribution is 7.22. The fraction of sp³-hybridized carbons (Fsp3) is 0.358. The van der Waals surface area contributed by atoms with Gasteiger partial charge < -0.3 is 18.9 Å². The molecule has 0 saturated carbocycles. The van der Waals surface area contributed by atoms with E-state index in [1.165, 1.54) is 12.8 Å². The van der Waals surface area contributed by atoms with Crippen molar-refractivity contribution in [1.82, 2.24) is 4.98 Å². The largest absolute Gasteiger partial charge is 0.494 e. The van der Waals surface area contributed by atoms with Crippen LogP contribution in [0, 0.1) is 0 Å². The fourth-order valence-corrected chi connectivity index (χ4v) is 8.10. The van der Waals surface area contributed by atoms with Crippen molar-refractivity contribution in [3.05, 3.63) is 132 Å². The molecule has 0 fully saturated rings. The van der Waals surface area contributed by atoms with E-state index in [-0.39, 0.29) is 0 Å². The highest BCUT2D eigenvalue weighted by atomic mass is 32.1. The Morgan fingerprint density at radius 1 is 0.703 bits per heavy atom. The van der Waals surface area contributed by atoms with E-state index >= 15 is 0 Å². The molecular weight excluding hydrogens is 817 g/mol. The number of aromatic nitrogens is 1. The molecule has 0 aliphatic carbocycles. The van der Waals surface area contributed by atoms with Gasteiger partial charge in [-0.2, -0.15) is 5.10 Å². The summed E-state index contributed by atoms with van der Waals surface area (Å²) in [5.41, 5.74) is 2.31. The van der Waals surface area contributed by atoms with Crippen LogP contribution in [-0.4, -0.2) is 50.2 Å². The Bertz CT molecular complexity index is 2380. The number of rotatable bonds is 28. The molecule has 0 saturated heterocycles. The number of fused-ring (bicyclic) bond motifs is 2. The minimum absolute atomic E-state index is 0.343. The van der Waals surface area contributed by atoms with Crippen LogP contribution >= 0.6 is 11.3 Å². The first-order valence-electron chi connectivity index (χ1n) is 23.0. The smallest absolute Gasteiger partial charge is 0.343 e. The maximum absolute atomic E-state index is 13.7. The lowest BCUT2D eigenvalue weighted by molar-refractivity contribution is 0.0724. The lowest BCUT2D eigenvalue weighted by Gasteiger charge is -2.16. The second-order valence-electron chi connectivity index (χ2n) is 15.9. The van der Waals surface area contributed by atoms with E-state index in [4.69, 9.17) is 29.0 Å². The van der Waals surface area contributed by atoms with Crippen LogP contribution in [-0.2, 0) is 0 Å². The number of carbonyl (C=O) groups is 2. The second kappa shape index (κ2) is 26.0. The molecule has 5 aromatic carbocycles. The maximum Gasteiger partial charge on any atom is 0.343 e. The Morgan fingerprint density at radius 2 is 1.34 bits per heavy atom. The number of carbonyl (C=O) groups excluding carboxylic acids is 2. The fourth-order valence-electron chi connectivity index (χ4n) is 7.15. The van der Waals surface area contributed by atoms with Crippen molar-refractivity contribution >= 4 is 62.9 Å². The van der Waals surface area contributed by atoms with Crippen LogP contribution in [0.2, 0.25) is 13.1 Å². The zero-order valence-corrected chi connectivity index (χ0v) is 38.3. The highest BCUT2D eigenvalue weighted by Gasteiger charge is 2.17. The predicted octanol–water partition coefficient (Wildman–Crippen LogP) is 13.9. The van der Waals surface area contributed by atoms with E-state index in [1.807, 2.05) is 53.5 Å². The zero-order valence-electron chi connectivity index (χ0n) is 37.5. The van der Waals surface area contributed by atoms with Gasteiger partial charge in [0.25, 0.3) is 0 Å². The maximum atomic E-state index is 13.7. The lowest BCUT2D eigenvalue weighted by Crippen LogP contribution is -2.18. The van der Waals surface area contributed by atoms with Crippen LogP contribution in [0.15, 0.2) is 121 Å². The summed E-state index contributed by atoms with van der Waals surface area (Å²) >= 11 is 1.59. The Morgan fingerprint density at radius 3 is 2.02 bits per heavy atom. The monoisotopic (exact) mass is 878 g/mol. The molecule has 9 nitrogen and oxygen atoms in total. The van der Waals surface area contributed by atoms with Gasteiger partial charge in [-0.15, -0.1) is 6.58 Å². The number of hydrazone groups is 1. The molecule has 1 radical (unpaired) electrons. The molecule has 1 heterocycles. The van der Waals surface area contributed by atoms with Gasteiger partial charge in [-0.25, -0.2) is 19.6 Å². The van der Waals surface area contributed by atoms with E-state index in [9.17, 15) is 9.59 Å². The van der Waals surface area contributed by atoms with Crippen molar-refractivity contribution in [2.24, 2.45) is 5.10 Å². The molecular formula is C53H61BN3O6S. The van der Waals surface area contributed by atoms with E-state index in [0.29, 0.717) is 53.7 Å². The molecule has 6 aromatic rings. The summed E-state index contributed by atoms with van der Waals surface area (Å²) in [6, 6.07) is 31.3. The molecule has 0 unspecified atom stereocenters. The Kier molecular flexibility index (Phi) is 19.3. The number of unbranched alkanes of at least 4 members (excludes halogenated alkanes) is 10. The standard InChI is InChI=1S/C53H61BN3O6S/c1-4-6-8-10-12-18-34-60-46-29-24-41(25-30-46)52(59)63-49-38-42-26-31-47(62-51(58)40-22-27-45(28-23-40)61-35-19-13-11-16-32-54-3)37-43(42)36-44(49)39-55-57(33-17-9-7-5-2)53-56-48-20-14-15-21-50(48)64-53/h4,14-15,20-31,36-39H,1,5-13,16-19,32-35H2,2-3H3/b55-39+. The minimum Gasteiger partial charge on any atom is -0.494 e. The van der Waals surface area contributed by atoms with Gasteiger partial charge in [0.15, 0.2) is 0 Å². The van der Waals surface area contributed by atoms with Crippen molar-refractivity contribution in [2.45, 2.75) is 104 Å². The average molecular weight is 879 g/mol. The topological polar surface area (TPSA) is 99.5 Å². The van der Waals surface area contributed by atoms with E-state index in [2.05, 4.69) is 33.7 Å². The van der Waals surface area contributed by atoms with Gasteiger partial charge in [0.1, 0.15) is 30.3 Å². The highest BCUT2D eigenvalue weighted by Crippen LogP contribution is 2.32. The summed E-state index contributed by atoms with van der Waals surface area (Å²) in [5, 5.41) is 9.26. The predicted molar refractivity (Wildman–Crippen MR) is 265 cm³/mol. The summed E-state index contributed by atoms with van der Waals surface area (Å²) in [6.07, 6.45) is 19.0. The van der Waals surface area contributed by atoms with Crippen molar-refractivity contribution in [1.29, 1.82) is 0 Å². The summed E-state index contributed by atoms with van der Waals surface area (Å²) in [5.74, 6) is 1.17. The van der Waals surface area contributed by atoms with Crippen LogP contribution in [0.1, 0.15) is 117 Å². The normalized spacial score (nSPS) is 11.2. The minimum atomic E-state index is -0.506. The molecule has 11 heteroatoms. The Hall–Kier alpha value is -5.94. The molecule has 0 amide bonds. The van der Waals surface area contributed by atoms with Crippen LogP contribution in [0.25, 0.3) is 21.0 Å². The SMILES string of the molecule is C=CCCCCCCOc1ccc(C(=O)Oc2cc3ccc(OC(=O)c4ccc(OCCCCCC[B]C)cc4)cc3cc2/C=N/N(CCCCCC)c2nc3ccccc3s2)cc1. The third-order valence-corrected chi connectivity index (χ3v) is 11.9. The van der Waals surface area contributed by atoms with Gasteiger partial charge in [0, 0.05) is 12.1 Å². The van der Waals surface area contributed by atoms with E-state index in [0.717, 1.165) is 109 Å². The molecule has 1 aromatic heterocycles. The molecule has 0 aliphatic rings. The summed E-state index contributed by atoms with van der Waals surface area (Å²) in [7, 11) is 2.20. The summed E-state index contributed by atoms with van der Waals surface area (Å²) in [4.78, 5) is 31.9. The second-order valence-corrected chi connectivity index (χ2v) is 16.9. The third-order valence-electron chi connectivity index (χ3n) is 10.8. The van der Waals surface area contributed by atoms with Crippen LogP contribution < -0.4 is 24.0 Å². The zero-order chi connectivity index (χ0) is 44.8. The molecule has 0 spiro atoms. The molecule has 0 aliphatic heterocycles.